The van der Waals surface area contributed by atoms with Gasteiger partial charge in [0.05, 0.1) is 4.90 Å². The van der Waals surface area contributed by atoms with Crippen molar-refractivity contribution in [3.05, 3.63) is 27.1 Å². The van der Waals surface area contributed by atoms with Gasteiger partial charge in [-0.3, -0.25) is 0 Å². The molecule has 1 saturated carbocycles. The van der Waals surface area contributed by atoms with Gasteiger partial charge in [0.2, 0.25) is 10.0 Å². The predicted octanol–water partition coefficient (Wildman–Crippen LogP) is 3.99. The maximum Gasteiger partial charge on any atom is 0.244 e. The van der Waals surface area contributed by atoms with Crippen LogP contribution in [0.1, 0.15) is 19.3 Å². The van der Waals surface area contributed by atoms with Crippen molar-refractivity contribution in [2.24, 2.45) is 0 Å². The van der Waals surface area contributed by atoms with Gasteiger partial charge in [0.15, 0.2) is 0 Å². The van der Waals surface area contributed by atoms with E-state index in [0.29, 0.717) is 21.8 Å². The Balaban J connectivity index is 2.40. The van der Waals surface area contributed by atoms with E-state index in [1.165, 1.54) is 4.31 Å². The molecule has 1 aliphatic rings. The molecule has 0 heterocycles. The number of halogens is 3. The summed E-state index contributed by atoms with van der Waals surface area (Å²) in [5, 5.41) is 0. The Bertz CT molecular complexity index is 561. The molecule has 0 saturated heterocycles. The van der Waals surface area contributed by atoms with Crippen LogP contribution in [0, 0.1) is 0 Å². The quantitative estimate of drug-likeness (QED) is 0.661. The Kier molecular flexibility index (Phi) is 5.34. The highest BCUT2D eigenvalue weighted by atomic mass is 79.9. The number of sulfonamides is 1. The molecule has 0 aromatic heterocycles. The van der Waals surface area contributed by atoms with Gasteiger partial charge in [-0.15, -0.1) is 11.6 Å². The van der Waals surface area contributed by atoms with E-state index in [0.717, 1.165) is 23.7 Å². The van der Waals surface area contributed by atoms with E-state index >= 15 is 0 Å². The zero-order valence-electron chi connectivity index (χ0n) is 10.2. The van der Waals surface area contributed by atoms with Crippen molar-refractivity contribution in [3.63, 3.8) is 0 Å². The molecule has 1 aliphatic carbocycles. The van der Waals surface area contributed by atoms with Crippen molar-refractivity contribution < 1.29 is 8.42 Å². The Morgan fingerprint density at radius 3 is 2.53 bits per heavy atom. The number of nitrogens with zero attached hydrogens (tertiary/aromatic N) is 1. The molecule has 0 bridgehead atoms. The van der Waals surface area contributed by atoms with Gasteiger partial charge in [0.25, 0.3) is 0 Å². The van der Waals surface area contributed by atoms with Crippen LogP contribution in [0.3, 0.4) is 0 Å². The predicted molar refractivity (Wildman–Crippen MR) is 84.1 cm³/mol. The first kappa shape index (κ1) is 15.8. The van der Waals surface area contributed by atoms with Crippen LogP contribution >= 0.6 is 43.5 Å². The standard InChI is InChI=1S/C12H14Br2ClNO2S/c13-9-4-5-11(14)12(8-9)19(17,18)16(7-6-15)10-2-1-3-10/h4-5,8,10H,1-3,6-7H2. The molecule has 0 radical (unpaired) electrons. The van der Waals surface area contributed by atoms with Crippen LogP contribution in [0.25, 0.3) is 0 Å². The first-order valence-electron chi connectivity index (χ1n) is 5.99. The number of alkyl halides is 1. The smallest absolute Gasteiger partial charge is 0.207 e. The molecular formula is C12H14Br2ClNO2S. The first-order chi connectivity index (χ1) is 8.96. The fraction of sp³-hybridized carbons (Fsp3) is 0.500. The average molecular weight is 432 g/mol. The first-order valence-corrected chi connectivity index (χ1v) is 9.55. The minimum Gasteiger partial charge on any atom is -0.207 e. The summed E-state index contributed by atoms with van der Waals surface area (Å²) in [5.41, 5.74) is 0. The Hall–Kier alpha value is 0.380. The van der Waals surface area contributed by atoms with Gasteiger partial charge in [-0.1, -0.05) is 22.4 Å². The zero-order chi connectivity index (χ0) is 14.0. The van der Waals surface area contributed by atoms with Gasteiger partial charge >= 0.3 is 0 Å². The third-order valence-electron chi connectivity index (χ3n) is 3.27. The van der Waals surface area contributed by atoms with E-state index in [2.05, 4.69) is 31.9 Å². The lowest BCUT2D eigenvalue weighted by atomic mass is 9.93. The van der Waals surface area contributed by atoms with Crippen LogP contribution in [0.4, 0.5) is 0 Å². The van der Waals surface area contributed by atoms with Crippen LogP contribution in [0.5, 0.6) is 0 Å². The van der Waals surface area contributed by atoms with Gasteiger partial charge in [-0.05, 0) is 47.0 Å². The van der Waals surface area contributed by atoms with E-state index in [-0.39, 0.29) is 6.04 Å². The van der Waals surface area contributed by atoms with Crippen molar-refractivity contribution >= 4 is 53.5 Å². The minimum absolute atomic E-state index is 0.0923. The van der Waals surface area contributed by atoms with Crippen LogP contribution in [-0.4, -0.2) is 31.2 Å². The third-order valence-corrected chi connectivity index (χ3v) is 6.87. The van der Waals surface area contributed by atoms with Crippen LogP contribution in [0.15, 0.2) is 32.0 Å². The largest absolute Gasteiger partial charge is 0.244 e. The molecule has 0 amide bonds. The molecule has 2 rings (SSSR count). The van der Waals surface area contributed by atoms with E-state index in [4.69, 9.17) is 11.6 Å². The van der Waals surface area contributed by atoms with E-state index in [1.807, 2.05) is 0 Å². The summed E-state index contributed by atoms with van der Waals surface area (Å²) >= 11 is 12.4. The summed E-state index contributed by atoms with van der Waals surface area (Å²) in [6.07, 6.45) is 2.92. The Morgan fingerprint density at radius 1 is 1.32 bits per heavy atom. The summed E-state index contributed by atoms with van der Waals surface area (Å²) in [6, 6.07) is 5.25. The molecule has 7 heteroatoms. The van der Waals surface area contributed by atoms with Crippen molar-refractivity contribution in [3.8, 4) is 0 Å². The molecule has 106 valence electrons. The molecule has 1 aromatic rings. The second-order valence-electron chi connectivity index (χ2n) is 4.46. The SMILES string of the molecule is O=S(=O)(c1cc(Br)ccc1Br)N(CCCl)C1CCC1. The topological polar surface area (TPSA) is 37.4 Å². The number of rotatable bonds is 5. The zero-order valence-corrected chi connectivity index (χ0v) is 14.9. The number of benzene rings is 1. The van der Waals surface area contributed by atoms with Crippen molar-refractivity contribution in [1.82, 2.24) is 4.31 Å². The summed E-state index contributed by atoms with van der Waals surface area (Å²) in [4.78, 5) is 0.291. The number of hydrogen-bond donors (Lipinski definition) is 0. The second kappa shape index (κ2) is 6.43. The van der Waals surface area contributed by atoms with Crippen LogP contribution < -0.4 is 0 Å². The molecular weight excluding hydrogens is 417 g/mol. The molecule has 3 nitrogen and oxygen atoms in total. The lowest BCUT2D eigenvalue weighted by molar-refractivity contribution is 0.227. The van der Waals surface area contributed by atoms with Gasteiger partial charge in [0, 0.05) is 27.4 Å². The van der Waals surface area contributed by atoms with Gasteiger partial charge in [-0.2, -0.15) is 4.31 Å². The summed E-state index contributed by atoms with van der Waals surface area (Å²) in [7, 11) is -3.50. The molecule has 1 fully saturated rings. The normalized spacial score (nSPS) is 16.6. The lowest BCUT2D eigenvalue weighted by Gasteiger charge is -2.36. The van der Waals surface area contributed by atoms with Crippen molar-refractivity contribution in [1.29, 1.82) is 0 Å². The van der Waals surface area contributed by atoms with Crippen molar-refractivity contribution in [2.75, 3.05) is 12.4 Å². The molecule has 0 spiro atoms. The average Bonchev–Trinajstić information content (AvgIpc) is 2.29. The molecule has 0 aliphatic heterocycles. The van der Waals surface area contributed by atoms with E-state index in [9.17, 15) is 8.42 Å². The molecule has 19 heavy (non-hydrogen) atoms. The van der Waals surface area contributed by atoms with Crippen LogP contribution in [0.2, 0.25) is 0 Å². The van der Waals surface area contributed by atoms with E-state index < -0.39 is 10.0 Å². The molecule has 1 aromatic carbocycles. The van der Waals surface area contributed by atoms with Gasteiger partial charge in [0.1, 0.15) is 0 Å². The fourth-order valence-electron chi connectivity index (χ4n) is 2.06. The fourth-order valence-corrected chi connectivity index (χ4v) is 5.49. The summed E-state index contributed by atoms with van der Waals surface area (Å²) < 4.78 is 28.4. The van der Waals surface area contributed by atoms with Gasteiger partial charge in [-0.25, -0.2) is 8.42 Å². The Morgan fingerprint density at radius 2 is 2.00 bits per heavy atom. The maximum atomic E-state index is 12.7. The monoisotopic (exact) mass is 429 g/mol. The molecule has 0 N–H and O–H groups in total. The maximum absolute atomic E-state index is 12.7. The van der Waals surface area contributed by atoms with E-state index in [1.54, 1.807) is 18.2 Å². The summed E-state index contributed by atoms with van der Waals surface area (Å²) in [6.45, 7) is 0.355. The number of hydrogen-bond acceptors (Lipinski definition) is 2. The highest BCUT2D eigenvalue weighted by molar-refractivity contribution is 9.11. The highest BCUT2D eigenvalue weighted by Crippen LogP contribution is 2.33. The second-order valence-corrected chi connectivity index (χ2v) is 8.47. The molecule has 0 unspecified atom stereocenters. The Labute approximate surface area is 135 Å². The third kappa shape index (κ3) is 3.35. The highest BCUT2D eigenvalue weighted by Gasteiger charge is 2.35. The van der Waals surface area contributed by atoms with Crippen LogP contribution in [-0.2, 0) is 10.0 Å². The lowest BCUT2D eigenvalue weighted by Crippen LogP contribution is -2.45. The van der Waals surface area contributed by atoms with Crippen molar-refractivity contribution in [2.45, 2.75) is 30.2 Å². The summed E-state index contributed by atoms with van der Waals surface area (Å²) in [5.74, 6) is 0.307. The minimum atomic E-state index is -3.50. The van der Waals surface area contributed by atoms with Gasteiger partial charge < -0.3 is 0 Å². The molecule has 0 atom stereocenters.